The van der Waals surface area contributed by atoms with Gasteiger partial charge in [-0.15, -0.1) is 0 Å². The Balaban J connectivity index is 0.986. The smallest absolute Gasteiger partial charge is 0.187 e. The molecule has 0 radical (unpaired) electrons. The van der Waals surface area contributed by atoms with E-state index in [1.54, 1.807) is 13.8 Å². The van der Waals surface area contributed by atoms with Crippen LogP contribution in [0.25, 0.3) is 0 Å². The van der Waals surface area contributed by atoms with Crippen LogP contribution in [0, 0.1) is 23.7 Å². The maximum atomic E-state index is 12.5. The molecule has 0 aromatic rings. The summed E-state index contributed by atoms with van der Waals surface area (Å²) in [4.78, 5) is 0. The molecular weight excluding hydrogens is 1360 g/mol. The van der Waals surface area contributed by atoms with Crippen LogP contribution >= 0.6 is 0 Å². The van der Waals surface area contributed by atoms with E-state index < -0.39 is 335 Å². The van der Waals surface area contributed by atoms with Crippen LogP contribution in [0.3, 0.4) is 0 Å². The molecule has 100 heavy (non-hydrogen) atoms. The Labute approximate surface area is 571 Å². The van der Waals surface area contributed by atoms with Gasteiger partial charge in [0, 0.05) is 23.7 Å². The monoisotopic (exact) mass is 1470 g/mol. The second-order valence-electron chi connectivity index (χ2n) is 27.0. The summed E-state index contributed by atoms with van der Waals surface area (Å²) >= 11 is 0. The molecule has 41 nitrogen and oxygen atoms in total. The lowest BCUT2D eigenvalue weighted by molar-refractivity contribution is -0.402. The van der Waals surface area contributed by atoms with Gasteiger partial charge in [0.2, 0.25) is 0 Å². The molecule has 0 saturated carbocycles. The van der Waals surface area contributed by atoms with Crippen LogP contribution < -0.4 is 0 Å². The van der Waals surface area contributed by atoms with E-state index in [1.807, 2.05) is 0 Å². The van der Waals surface area contributed by atoms with Crippen molar-refractivity contribution < 1.29 is 203 Å². The minimum Gasteiger partial charge on any atom is -0.394 e. The van der Waals surface area contributed by atoms with Crippen molar-refractivity contribution in [3.8, 4) is 0 Å². The average molecular weight is 1470 g/mol. The summed E-state index contributed by atoms with van der Waals surface area (Å²) in [5, 5.41) is 263. The van der Waals surface area contributed by atoms with E-state index >= 15 is 0 Å². The normalized spacial score (nSPS) is 53.7. The minimum absolute atomic E-state index is 0.522. The summed E-state index contributed by atoms with van der Waals surface area (Å²) in [6, 6.07) is 0. The van der Waals surface area contributed by atoms with Gasteiger partial charge in [0.05, 0.1) is 90.0 Å². The van der Waals surface area contributed by atoms with Crippen molar-refractivity contribution in [3.63, 3.8) is 0 Å². The third-order valence-electron chi connectivity index (χ3n) is 20.5. The van der Waals surface area contributed by atoms with Crippen LogP contribution in [0.5, 0.6) is 0 Å². The lowest BCUT2D eigenvalue weighted by Gasteiger charge is -2.51. The van der Waals surface area contributed by atoms with E-state index in [2.05, 4.69) is 0 Å². The molecule has 9 saturated heterocycles. The van der Waals surface area contributed by atoms with Gasteiger partial charge in [-0.3, -0.25) is 0 Å². The molecule has 9 fully saturated rings. The van der Waals surface area contributed by atoms with Crippen LogP contribution in [0.2, 0.25) is 0 Å². The molecule has 41 heteroatoms. The summed E-state index contributed by atoms with van der Waals surface area (Å²) in [5.74, 6) is -4.27. The van der Waals surface area contributed by atoms with Gasteiger partial charge in [0.15, 0.2) is 50.3 Å². The van der Waals surface area contributed by atoms with Gasteiger partial charge in [-0.05, 0) is 6.92 Å². The highest BCUT2D eigenvalue weighted by Crippen LogP contribution is 2.42. The van der Waals surface area contributed by atoms with Crippen molar-refractivity contribution in [1.82, 2.24) is 0 Å². The van der Waals surface area contributed by atoms with E-state index in [9.17, 15) is 123 Å². The number of hydrogen-bond acceptors (Lipinski definition) is 41. The van der Waals surface area contributed by atoms with Crippen molar-refractivity contribution >= 4 is 0 Å². The topological polar surface area (TPSA) is 642 Å². The molecule has 9 aliphatic rings. The number of aliphatic hydroxyl groups is 24. The Morgan fingerprint density at radius 1 is 0.200 bits per heavy atom. The molecule has 584 valence electrons. The minimum atomic E-state index is -2.32. The SMILES string of the molecule is CC1C(O)[C@H](OC2OC(CO)[C@H](O)[C@H](O)C2O)[C@H](CO)O[C@H]1O[C@@H]1C(O)[C@H](O)C(CO)O[C@@H]1OCC1O[C@@H](O[C@@H]2C(CO)O[C@@H](O[C@@H]3C(CO)O[C@@H](C)[C@@H](C)C3O)[C@@H](C)C2O)[C@H](O)C(O[C@H]2O[C@H](CO)[C@@H](O)C(O)C2O[C@@H]2OC(CO)[C@@H](O[C@@H]3OC(CO)[C@H](O)C(O)[C@@H]3O)C(O)[C@@H]2C)[C@@H]1O. The zero-order valence-corrected chi connectivity index (χ0v) is 55.0. The fourth-order valence-corrected chi connectivity index (χ4v) is 13.8. The summed E-state index contributed by atoms with van der Waals surface area (Å²) in [6.45, 7) is -0.769. The van der Waals surface area contributed by atoms with Crippen molar-refractivity contribution in [2.75, 3.05) is 59.5 Å². The van der Waals surface area contributed by atoms with Gasteiger partial charge < -0.3 is 203 Å². The molecule has 0 bridgehead atoms. The first kappa shape index (κ1) is 82.4. The molecule has 9 aliphatic heterocycles. The quantitative estimate of drug-likeness (QED) is 0.0404. The van der Waals surface area contributed by atoms with Crippen LogP contribution in [-0.2, 0) is 80.5 Å². The summed E-state index contributed by atoms with van der Waals surface area (Å²) in [6.07, 6.45) is -72.7. The molecule has 9 rings (SSSR count). The largest absolute Gasteiger partial charge is 0.394 e. The first-order valence-corrected chi connectivity index (χ1v) is 33.3. The molecule has 9 heterocycles. The summed E-state index contributed by atoms with van der Waals surface area (Å²) in [7, 11) is 0. The predicted molar refractivity (Wildman–Crippen MR) is 313 cm³/mol. The Kier molecular flexibility index (Phi) is 29.3. The highest BCUT2D eigenvalue weighted by atomic mass is 16.8. The lowest BCUT2D eigenvalue weighted by atomic mass is 9.88. The summed E-state index contributed by atoms with van der Waals surface area (Å²) < 4.78 is 102. The number of ether oxygens (including phenoxy) is 17. The molecule has 0 amide bonds. The van der Waals surface area contributed by atoms with E-state index in [0.717, 1.165) is 0 Å². The van der Waals surface area contributed by atoms with E-state index in [4.69, 9.17) is 80.5 Å². The van der Waals surface area contributed by atoms with E-state index in [0.29, 0.717) is 0 Å². The molecule has 45 atom stereocenters. The maximum absolute atomic E-state index is 12.5. The summed E-state index contributed by atoms with van der Waals surface area (Å²) in [5.41, 5.74) is 0. The van der Waals surface area contributed by atoms with Crippen molar-refractivity contribution in [2.45, 2.75) is 286 Å². The van der Waals surface area contributed by atoms with Gasteiger partial charge >= 0.3 is 0 Å². The molecule has 19 unspecified atom stereocenters. The molecular formula is C59H102O41. The highest BCUT2D eigenvalue weighted by Gasteiger charge is 2.60. The molecule has 0 aromatic carbocycles. The number of aliphatic hydroxyl groups excluding tert-OH is 24. The fraction of sp³-hybridized carbons (Fsp3) is 1.00. The third kappa shape index (κ3) is 17.0. The zero-order valence-electron chi connectivity index (χ0n) is 55.0. The van der Waals surface area contributed by atoms with Crippen LogP contribution in [-0.4, -0.2) is 434 Å². The van der Waals surface area contributed by atoms with E-state index in [-0.39, 0.29) is 0 Å². The molecule has 0 aliphatic carbocycles. The average Bonchev–Trinajstić information content (AvgIpc) is 0.775. The molecule has 0 aromatic heterocycles. The lowest BCUT2D eigenvalue weighted by Crippen LogP contribution is -2.68. The van der Waals surface area contributed by atoms with E-state index in [1.165, 1.54) is 20.8 Å². The van der Waals surface area contributed by atoms with Crippen LogP contribution in [0.15, 0.2) is 0 Å². The van der Waals surface area contributed by atoms with Gasteiger partial charge in [0.1, 0.15) is 171 Å². The highest BCUT2D eigenvalue weighted by molar-refractivity contribution is 5.02. The Hall–Kier alpha value is -1.64. The second-order valence-corrected chi connectivity index (χ2v) is 27.0. The first-order valence-electron chi connectivity index (χ1n) is 33.3. The van der Waals surface area contributed by atoms with Crippen molar-refractivity contribution in [1.29, 1.82) is 0 Å². The Bertz CT molecular complexity index is 2450. The fourth-order valence-electron chi connectivity index (χ4n) is 13.8. The first-order chi connectivity index (χ1) is 47.4. The Morgan fingerprint density at radius 3 is 0.830 bits per heavy atom. The van der Waals surface area contributed by atoms with Crippen molar-refractivity contribution in [3.05, 3.63) is 0 Å². The second kappa shape index (κ2) is 35.6. The zero-order chi connectivity index (χ0) is 73.4. The third-order valence-corrected chi connectivity index (χ3v) is 20.5. The molecule has 24 N–H and O–H groups in total. The maximum Gasteiger partial charge on any atom is 0.187 e. The van der Waals surface area contributed by atoms with Gasteiger partial charge in [-0.25, -0.2) is 0 Å². The van der Waals surface area contributed by atoms with Gasteiger partial charge in [0.25, 0.3) is 0 Å². The van der Waals surface area contributed by atoms with Crippen molar-refractivity contribution in [2.24, 2.45) is 23.7 Å². The van der Waals surface area contributed by atoms with Gasteiger partial charge in [-0.1, -0.05) is 27.7 Å². The number of hydrogen-bond donors (Lipinski definition) is 24. The Morgan fingerprint density at radius 2 is 0.460 bits per heavy atom. The number of rotatable bonds is 25. The van der Waals surface area contributed by atoms with Gasteiger partial charge in [-0.2, -0.15) is 0 Å². The molecule has 0 spiro atoms. The predicted octanol–water partition coefficient (Wildman–Crippen LogP) is -14.5. The van der Waals surface area contributed by atoms with Crippen LogP contribution in [0.4, 0.5) is 0 Å². The van der Waals surface area contributed by atoms with Crippen LogP contribution in [0.1, 0.15) is 34.6 Å². The standard InChI is InChI=1S/C59H102O41/c1-15-19(5)85-24(10-64)45(29(15)68)94-52-16(2)30(69)48(27(13-67)90-52)97-57-44(83)49(98-59-51(41(80)36(75)23(9-63)89-59)100-54-18(4)32(71)47(26(12-66)92-54)96-56-43(82)39(78)34(73)21(7-61)87-56)37(76)28(93-57)14-84-58-50(40(79)35(74)22(8-62)88-58)99-53-17(3)31(70)46(25(11-65)91-53)95-55-42(81)38(77)33(72)20(6-60)86-55/h15-83H,6-14H2,1-5H3/t15-,16+,17?,18+,19+,20?,21?,22?,23-,24?,25+,26?,27?,28?,29?,30?,31?,32?,33+,34+,35-,36-,37-,38+,39?,40?,41?,42?,43+,44-,45-,46-,47-,48-,49?,50-,51?,52+,53+,54+,55?,56+,57+,58+,59-/m1/s1.